The smallest absolute Gasteiger partial charge is 0.407 e. The molecule has 0 spiro atoms. The molecular weight excluding hydrogens is 204 g/mol. The maximum Gasteiger partial charge on any atom is 0.407 e. The van der Waals surface area contributed by atoms with Crippen LogP contribution in [0.4, 0.5) is 4.79 Å². The minimum absolute atomic E-state index is 0.0568. The van der Waals surface area contributed by atoms with Crippen molar-refractivity contribution in [3.8, 4) is 0 Å². The van der Waals surface area contributed by atoms with Crippen molar-refractivity contribution in [2.24, 2.45) is 0 Å². The molecule has 1 aliphatic heterocycles. The average Bonchev–Trinajstić information content (AvgIpc) is 2.73. The van der Waals surface area contributed by atoms with Crippen LogP contribution < -0.4 is 10.6 Å². The summed E-state index contributed by atoms with van der Waals surface area (Å²) in [7, 11) is 0. The van der Waals surface area contributed by atoms with Crippen molar-refractivity contribution in [1.82, 2.24) is 10.6 Å². The Labute approximate surface area is 95.0 Å². The van der Waals surface area contributed by atoms with E-state index in [0.29, 0.717) is 13.1 Å². The van der Waals surface area contributed by atoms with Gasteiger partial charge in [-0.15, -0.1) is 0 Å². The third kappa shape index (κ3) is 2.73. The van der Waals surface area contributed by atoms with Gasteiger partial charge in [0.05, 0.1) is 6.54 Å². The van der Waals surface area contributed by atoms with E-state index in [1.54, 1.807) is 0 Å². The summed E-state index contributed by atoms with van der Waals surface area (Å²) in [4.78, 5) is 10.8. The molecule has 0 aromatic heterocycles. The molecule has 1 aromatic rings. The van der Waals surface area contributed by atoms with Crippen LogP contribution in [0.1, 0.15) is 18.5 Å². The highest BCUT2D eigenvalue weighted by Gasteiger charge is 2.22. The van der Waals surface area contributed by atoms with Crippen LogP contribution in [-0.2, 0) is 4.74 Å². The van der Waals surface area contributed by atoms with Crippen LogP contribution in [-0.4, -0.2) is 25.3 Å². The quantitative estimate of drug-likeness (QED) is 0.807. The van der Waals surface area contributed by atoms with E-state index in [2.05, 4.69) is 29.7 Å². The lowest BCUT2D eigenvalue weighted by Crippen LogP contribution is -2.31. The zero-order chi connectivity index (χ0) is 11.4. The topological polar surface area (TPSA) is 50.4 Å². The first-order valence-electron chi connectivity index (χ1n) is 5.48. The van der Waals surface area contributed by atoms with Crippen molar-refractivity contribution < 1.29 is 9.53 Å². The number of ether oxygens (including phenoxy) is 1. The summed E-state index contributed by atoms with van der Waals surface area (Å²) >= 11 is 0. The summed E-state index contributed by atoms with van der Waals surface area (Å²) in [5.74, 6) is 0. The monoisotopic (exact) mass is 220 g/mol. The molecule has 1 saturated heterocycles. The Hall–Kier alpha value is -1.55. The zero-order valence-electron chi connectivity index (χ0n) is 9.27. The van der Waals surface area contributed by atoms with Crippen molar-refractivity contribution in [3.05, 3.63) is 35.9 Å². The number of amides is 1. The van der Waals surface area contributed by atoms with Crippen LogP contribution >= 0.6 is 0 Å². The predicted octanol–water partition coefficient (Wildman–Crippen LogP) is 1.45. The van der Waals surface area contributed by atoms with Crippen LogP contribution in [0, 0.1) is 0 Å². The lowest BCUT2D eigenvalue weighted by atomic mass is 10.1. The summed E-state index contributed by atoms with van der Waals surface area (Å²) in [6.45, 7) is 3.36. The second kappa shape index (κ2) is 4.99. The van der Waals surface area contributed by atoms with Crippen molar-refractivity contribution >= 4 is 6.09 Å². The van der Waals surface area contributed by atoms with Gasteiger partial charge in [-0.1, -0.05) is 30.3 Å². The number of alkyl carbamates (subject to hydrolysis) is 1. The Balaban J connectivity index is 1.80. The van der Waals surface area contributed by atoms with Crippen molar-refractivity contribution in [2.75, 3.05) is 13.1 Å². The van der Waals surface area contributed by atoms with E-state index >= 15 is 0 Å². The molecule has 0 unspecified atom stereocenters. The Morgan fingerprint density at radius 1 is 1.50 bits per heavy atom. The molecule has 0 radical (unpaired) electrons. The molecule has 1 aromatic carbocycles. The van der Waals surface area contributed by atoms with Crippen molar-refractivity contribution in [2.45, 2.75) is 19.1 Å². The molecule has 16 heavy (non-hydrogen) atoms. The summed E-state index contributed by atoms with van der Waals surface area (Å²) < 4.78 is 5.04. The molecule has 2 atom stereocenters. The first-order valence-corrected chi connectivity index (χ1v) is 5.48. The van der Waals surface area contributed by atoms with Gasteiger partial charge in [0.1, 0.15) is 6.10 Å². The molecule has 2 N–H and O–H groups in total. The molecule has 1 aliphatic rings. The summed E-state index contributed by atoms with van der Waals surface area (Å²) in [5, 5.41) is 5.98. The number of nitrogens with one attached hydrogen (secondary N) is 2. The van der Waals surface area contributed by atoms with Crippen LogP contribution in [0.15, 0.2) is 30.3 Å². The van der Waals surface area contributed by atoms with Gasteiger partial charge in [0.15, 0.2) is 0 Å². The summed E-state index contributed by atoms with van der Waals surface area (Å²) in [6, 6.07) is 10.5. The fourth-order valence-electron chi connectivity index (χ4n) is 1.71. The van der Waals surface area contributed by atoms with E-state index < -0.39 is 0 Å². The minimum atomic E-state index is -0.320. The van der Waals surface area contributed by atoms with Gasteiger partial charge in [-0.25, -0.2) is 4.79 Å². The zero-order valence-corrected chi connectivity index (χ0v) is 9.27. The predicted molar refractivity (Wildman–Crippen MR) is 61.1 cm³/mol. The molecule has 0 saturated carbocycles. The molecular formula is C12H16N2O2. The second-order valence-corrected chi connectivity index (χ2v) is 3.95. The SMILES string of the molecule is C[C@@H](NC[C@H]1CNC(=O)O1)c1ccccc1. The largest absolute Gasteiger partial charge is 0.443 e. The molecule has 1 amide bonds. The molecule has 86 valence electrons. The molecule has 0 bridgehead atoms. The average molecular weight is 220 g/mol. The Bertz CT molecular complexity index is 353. The van der Waals surface area contributed by atoms with Gasteiger partial charge in [-0.05, 0) is 12.5 Å². The molecule has 0 aliphatic carbocycles. The number of carbonyl (C=O) groups is 1. The fraction of sp³-hybridized carbons (Fsp3) is 0.417. The van der Waals surface area contributed by atoms with Crippen LogP contribution in [0.5, 0.6) is 0 Å². The highest BCUT2D eigenvalue weighted by molar-refractivity contribution is 5.69. The van der Waals surface area contributed by atoms with Crippen molar-refractivity contribution in [3.63, 3.8) is 0 Å². The number of hydrogen-bond donors (Lipinski definition) is 2. The highest BCUT2D eigenvalue weighted by atomic mass is 16.6. The van der Waals surface area contributed by atoms with E-state index in [1.165, 1.54) is 5.56 Å². The first kappa shape index (κ1) is 11.0. The van der Waals surface area contributed by atoms with Gasteiger partial charge in [-0.2, -0.15) is 0 Å². The molecule has 2 rings (SSSR count). The lowest BCUT2D eigenvalue weighted by Gasteiger charge is -2.16. The third-order valence-electron chi connectivity index (χ3n) is 2.70. The van der Waals surface area contributed by atoms with E-state index in [9.17, 15) is 4.79 Å². The number of rotatable bonds is 4. The fourth-order valence-corrected chi connectivity index (χ4v) is 1.71. The van der Waals surface area contributed by atoms with Gasteiger partial charge < -0.3 is 15.4 Å². The van der Waals surface area contributed by atoms with E-state index in [-0.39, 0.29) is 18.2 Å². The molecule has 1 heterocycles. The van der Waals surface area contributed by atoms with Gasteiger partial charge in [0, 0.05) is 12.6 Å². The molecule has 1 fully saturated rings. The van der Waals surface area contributed by atoms with Crippen LogP contribution in [0.3, 0.4) is 0 Å². The van der Waals surface area contributed by atoms with Gasteiger partial charge >= 0.3 is 6.09 Å². The highest BCUT2D eigenvalue weighted by Crippen LogP contribution is 2.11. The number of carbonyl (C=O) groups excluding carboxylic acids is 1. The Morgan fingerprint density at radius 2 is 2.25 bits per heavy atom. The number of cyclic esters (lactones) is 1. The first-order chi connectivity index (χ1) is 7.75. The second-order valence-electron chi connectivity index (χ2n) is 3.95. The number of hydrogen-bond acceptors (Lipinski definition) is 3. The Kier molecular flexibility index (Phi) is 3.41. The number of benzene rings is 1. The van der Waals surface area contributed by atoms with Crippen molar-refractivity contribution in [1.29, 1.82) is 0 Å². The van der Waals surface area contributed by atoms with Crippen LogP contribution in [0.25, 0.3) is 0 Å². The van der Waals surface area contributed by atoms with E-state index in [1.807, 2.05) is 18.2 Å². The maximum atomic E-state index is 10.8. The summed E-state index contributed by atoms with van der Waals surface area (Å²) in [6.07, 6.45) is -0.377. The Morgan fingerprint density at radius 3 is 2.88 bits per heavy atom. The van der Waals surface area contributed by atoms with Gasteiger partial charge in [0.25, 0.3) is 0 Å². The molecule has 4 heteroatoms. The summed E-state index contributed by atoms with van der Waals surface area (Å²) in [5.41, 5.74) is 1.24. The minimum Gasteiger partial charge on any atom is -0.443 e. The van der Waals surface area contributed by atoms with E-state index in [0.717, 1.165) is 0 Å². The third-order valence-corrected chi connectivity index (χ3v) is 2.70. The van der Waals surface area contributed by atoms with Crippen LogP contribution in [0.2, 0.25) is 0 Å². The normalized spacial score (nSPS) is 21.3. The van der Waals surface area contributed by atoms with Gasteiger partial charge in [-0.3, -0.25) is 0 Å². The van der Waals surface area contributed by atoms with E-state index in [4.69, 9.17) is 4.74 Å². The molecule has 4 nitrogen and oxygen atoms in total. The van der Waals surface area contributed by atoms with Gasteiger partial charge in [0.2, 0.25) is 0 Å². The maximum absolute atomic E-state index is 10.8. The standard InChI is InChI=1S/C12H16N2O2/c1-9(10-5-3-2-4-6-10)13-7-11-8-14-12(15)16-11/h2-6,9,11,13H,7-8H2,1H3,(H,14,15)/t9-,11+/m1/s1. The lowest BCUT2D eigenvalue weighted by molar-refractivity contribution is 0.138.